The van der Waals surface area contributed by atoms with Gasteiger partial charge in [-0.05, 0) is 104 Å². The summed E-state index contributed by atoms with van der Waals surface area (Å²) in [5.74, 6) is 0.861. The van der Waals surface area contributed by atoms with E-state index in [1.165, 1.54) is 6.20 Å². The zero-order valence-electron chi connectivity index (χ0n) is 29.9. The van der Waals surface area contributed by atoms with E-state index in [-0.39, 0.29) is 38.3 Å². The average Bonchev–Trinajstić information content (AvgIpc) is 3.97. The summed E-state index contributed by atoms with van der Waals surface area (Å²) in [5, 5.41) is 24.9. The summed E-state index contributed by atoms with van der Waals surface area (Å²) in [5.41, 5.74) is 4.19. The Morgan fingerprint density at radius 2 is 1.64 bits per heavy atom. The van der Waals surface area contributed by atoms with Crippen LogP contribution < -0.4 is 24.3 Å². The van der Waals surface area contributed by atoms with Crippen LogP contribution in [0.25, 0.3) is 0 Å². The summed E-state index contributed by atoms with van der Waals surface area (Å²) in [6.45, 7) is 3.38. The second-order valence-electron chi connectivity index (χ2n) is 13.1. The number of aryl methyl sites for hydroxylation is 2. The van der Waals surface area contributed by atoms with Gasteiger partial charge < -0.3 is 39.5 Å². The number of methoxy groups -OCH3 is 1. The number of benzene rings is 3. The third kappa shape index (κ3) is 12.2. The standard InChI is InChI=1S/C40H45Cl2N3O8/c1-27-18-36(41)38(37(42)19-27)52-17-16-51-34-12-8-28(9-13-34)21-31(24-43-40(47)48)39(46)44(32-10-11-32)25-30-20-29(6-5-15-50-2)22-35(23-30)53-26-33-7-3-4-14-45(33)49/h3-4,7-9,12-14,18-20,22-23,31-32,43H,5-6,10-11,15-17,21,24-26H2,1-2H3,(H,47,48). The second-order valence-corrected chi connectivity index (χ2v) is 13.9. The third-order valence-electron chi connectivity index (χ3n) is 8.75. The van der Waals surface area contributed by atoms with E-state index in [0.29, 0.717) is 52.6 Å². The zero-order chi connectivity index (χ0) is 37.7. The molecule has 0 spiro atoms. The second kappa shape index (κ2) is 19.4. The summed E-state index contributed by atoms with van der Waals surface area (Å²) in [6, 6.07) is 22.1. The van der Waals surface area contributed by atoms with Crippen LogP contribution in [0.3, 0.4) is 0 Å². The van der Waals surface area contributed by atoms with E-state index in [0.717, 1.165) is 52.7 Å². The lowest BCUT2D eigenvalue weighted by Crippen LogP contribution is -2.43. The highest BCUT2D eigenvalue weighted by Gasteiger charge is 2.36. The Bertz CT molecular complexity index is 1810. The molecule has 1 fully saturated rings. The maximum absolute atomic E-state index is 14.3. The molecule has 1 aliphatic rings. The number of amides is 2. The maximum Gasteiger partial charge on any atom is 0.404 e. The predicted octanol–water partition coefficient (Wildman–Crippen LogP) is 7.17. The largest absolute Gasteiger partial charge is 0.618 e. The van der Waals surface area contributed by atoms with Gasteiger partial charge in [-0.25, -0.2) is 4.79 Å². The van der Waals surface area contributed by atoms with Gasteiger partial charge in [-0.1, -0.05) is 41.4 Å². The topological polar surface area (TPSA) is 134 Å². The third-order valence-corrected chi connectivity index (χ3v) is 9.31. The Balaban J connectivity index is 1.25. The first-order valence-corrected chi connectivity index (χ1v) is 18.3. The van der Waals surface area contributed by atoms with Crippen molar-refractivity contribution in [3.8, 4) is 17.2 Å². The van der Waals surface area contributed by atoms with Gasteiger partial charge in [-0.3, -0.25) is 4.79 Å². The molecule has 13 heteroatoms. The highest BCUT2D eigenvalue weighted by molar-refractivity contribution is 6.37. The van der Waals surface area contributed by atoms with E-state index in [9.17, 15) is 19.9 Å². The fourth-order valence-electron chi connectivity index (χ4n) is 6.00. The molecule has 3 aromatic carbocycles. The van der Waals surface area contributed by atoms with E-state index >= 15 is 0 Å². The zero-order valence-corrected chi connectivity index (χ0v) is 31.4. The fraction of sp³-hybridized carbons (Fsp3) is 0.375. The Kier molecular flexibility index (Phi) is 14.5. The SMILES string of the molecule is COCCCc1cc(CN(C(=O)C(CNC(=O)O)Cc2ccc(OCCOc3c(Cl)cc(C)cc3Cl)cc2)C2CC2)cc(OCc2cccc[n+]2[O-])c1. The first-order chi connectivity index (χ1) is 25.6. The van der Waals surface area contributed by atoms with Crippen LogP contribution in [0.4, 0.5) is 4.79 Å². The van der Waals surface area contributed by atoms with Crippen molar-refractivity contribution in [3.63, 3.8) is 0 Å². The van der Waals surface area contributed by atoms with E-state index < -0.39 is 12.0 Å². The normalized spacial score (nSPS) is 12.9. The van der Waals surface area contributed by atoms with Crippen LogP contribution in [0.1, 0.15) is 47.2 Å². The van der Waals surface area contributed by atoms with Crippen LogP contribution >= 0.6 is 23.2 Å². The molecule has 1 saturated carbocycles. The van der Waals surface area contributed by atoms with Crippen molar-refractivity contribution in [1.82, 2.24) is 10.2 Å². The van der Waals surface area contributed by atoms with Crippen LogP contribution in [-0.4, -0.2) is 61.5 Å². The van der Waals surface area contributed by atoms with Gasteiger partial charge in [-0.15, -0.1) is 0 Å². The van der Waals surface area contributed by atoms with Crippen LogP contribution in [-0.2, 0) is 35.5 Å². The average molecular weight is 767 g/mol. The minimum Gasteiger partial charge on any atom is -0.618 e. The molecule has 1 aromatic heterocycles. The molecular weight excluding hydrogens is 721 g/mol. The predicted molar refractivity (Wildman–Crippen MR) is 202 cm³/mol. The van der Waals surface area contributed by atoms with Crippen molar-refractivity contribution >= 4 is 35.2 Å². The number of ether oxygens (including phenoxy) is 4. The monoisotopic (exact) mass is 765 g/mol. The highest BCUT2D eigenvalue weighted by atomic mass is 35.5. The number of hydrogen-bond donors (Lipinski definition) is 2. The molecule has 0 radical (unpaired) electrons. The van der Waals surface area contributed by atoms with Gasteiger partial charge >= 0.3 is 6.09 Å². The molecule has 2 N–H and O–H groups in total. The molecule has 1 heterocycles. The smallest absolute Gasteiger partial charge is 0.404 e. The first kappa shape index (κ1) is 39.5. The number of nitrogens with one attached hydrogen (secondary N) is 1. The lowest BCUT2D eigenvalue weighted by Gasteiger charge is -2.28. The lowest BCUT2D eigenvalue weighted by molar-refractivity contribution is -0.616. The number of carbonyl (C=O) groups is 2. The maximum atomic E-state index is 14.3. The van der Waals surface area contributed by atoms with Crippen molar-refractivity contribution in [2.24, 2.45) is 5.92 Å². The Labute approximate surface area is 319 Å². The number of carbonyl (C=O) groups excluding carboxylic acids is 1. The van der Waals surface area contributed by atoms with Crippen LogP contribution in [0, 0.1) is 18.0 Å². The Morgan fingerprint density at radius 1 is 0.925 bits per heavy atom. The van der Waals surface area contributed by atoms with Gasteiger partial charge in [0.05, 0.1) is 16.0 Å². The summed E-state index contributed by atoms with van der Waals surface area (Å²) in [7, 11) is 1.66. The van der Waals surface area contributed by atoms with Crippen molar-refractivity contribution < 1.29 is 38.4 Å². The Hall–Kier alpha value is -4.71. The summed E-state index contributed by atoms with van der Waals surface area (Å²) in [6.07, 6.45) is 3.86. The molecule has 1 aliphatic carbocycles. The van der Waals surface area contributed by atoms with Gasteiger partial charge in [-0.2, -0.15) is 4.73 Å². The lowest BCUT2D eigenvalue weighted by atomic mass is 9.97. The number of nitrogens with zero attached hydrogens (tertiary/aromatic N) is 2. The number of pyridine rings is 1. The number of rotatable bonds is 20. The van der Waals surface area contributed by atoms with Gasteiger partial charge in [0, 0.05) is 45.0 Å². The molecule has 5 rings (SSSR count). The number of hydrogen-bond acceptors (Lipinski definition) is 7. The molecule has 0 bridgehead atoms. The quantitative estimate of drug-likeness (QED) is 0.0550. The summed E-state index contributed by atoms with van der Waals surface area (Å²) >= 11 is 12.5. The van der Waals surface area contributed by atoms with Crippen molar-refractivity contribution in [2.45, 2.75) is 58.2 Å². The number of halogens is 2. The molecule has 282 valence electrons. The Morgan fingerprint density at radius 3 is 2.32 bits per heavy atom. The minimum atomic E-state index is -1.19. The van der Waals surface area contributed by atoms with Crippen LogP contribution in [0.2, 0.25) is 10.0 Å². The number of aromatic nitrogens is 1. The molecule has 4 aromatic rings. The van der Waals surface area contributed by atoms with Crippen LogP contribution in [0.15, 0.2) is 79.0 Å². The van der Waals surface area contributed by atoms with E-state index in [1.54, 1.807) is 37.4 Å². The molecule has 0 aliphatic heterocycles. The molecule has 11 nitrogen and oxygen atoms in total. The van der Waals surface area contributed by atoms with E-state index in [4.69, 9.17) is 42.1 Å². The van der Waals surface area contributed by atoms with E-state index in [2.05, 4.69) is 11.4 Å². The fourth-order valence-corrected chi connectivity index (χ4v) is 6.70. The van der Waals surface area contributed by atoms with Crippen molar-refractivity contribution in [1.29, 1.82) is 0 Å². The van der Waals surface area contributed by atoms with Gasteiger partial charge in [0.25, 0.3) is 0 Å². The molecule has 1 unspecified atom stereocenters. The van der Waals surface area contributed by atoms with Gasteiger partial charge in [0.15, 0.2) is 18.6 Å². The molecule has 0 saturated heterocycles. The van der Waals surface area contributed by atoms with Crippen molar-refractivity contribution in [2.75, 3.05) is 33.5 Å². The van der Waals surface area contributed by atoms with Crippen molar-refractivity contribution in [3.05, 3.63) is 122 Å². The van der Waals surface area contributed by atoms with E-state index in [1.807, 2.05) is 48.2 Å². The molecule has 2 amide bonds. The first-order valence-electron chi connectivity index (χ1n) is 17.6. The minimum absolute atomic E-state index is 0.0329. The highest BCUT2D eigenvalue weighted by Crippen LogP contribution is 2.34. The molecule has 1 atom stereocenters. The molecular formula is C40H45Cl2N3O8. The van der Waals surface area contributed by atoms with Gasteiger partial charge in [0.1, 0.15) is 24.7 Å². The number of carboxylic acid groups (broad SMARTS) is 1. The van der Waals surface area contributed by atoms with Gasteiger partial charge in [0.2, 0.25) is 11.6 Å². The molecule has 53 heavy (non-hydrogen) atoms. The summed E-state index contributed by atoms with van der Waals surface area (Å²) < 4.78 is 23.7. The van der Waals surface area contributed by atoms with Crippen LogP contribution in [0.5, 0.6) is 17.2 Å². The summed E-state index contributed by atoms with van der Waals surface area (Å²) in [4.78, 5) is 27.7.